The summed E-state index contributed by atoms with van der Waals surface area (Å²) in [5.74, 6) is 0.0871. The van der Waals surface area contributed by atoms with E-state index in [0.717, 1.165) is 12.2 Å². The highest BCUT2D eigenvalue weighted by Crippen LogP contribution is 2.21. The van der Waals surface area contributed by atoms with Gasteiger partial charge in [0.15, 0.2) is 0 Å². The summed E-state index contributed by atoms with van der Waals surface area (Å²) in [6.07, 6.45) is 0.882. The highest BCUT2D eigenvalue weighted by molar-refractivity contribution is 5.81. The first kappa shape index (κ1) is 12.2. The van der Waals surface area contributed by atoms with Crippen LogP contribution in [0, 0.1) is 0 Å². The molecule has 0 fully saturated rings. The SMILES string of the molecule is COC(=O)/C=C/C([18F])c1ccc(OC)cc1. The first-order valence-electron chi connectivity index (χ1n) is 4.71. The van der Waals surface area contributed by atoms with Crippen LogP contribution in [0.5, 0.6) is 5.75 Å². The van der Waals surface area contributed by atoms with Crippen molar-refractivity contribution < 1.29 is 18.7 Å². The molecule has 1 rings (SSSR count). The lowest BCUT2D eigenvalue weighted by Gasteiger charge is -2.04. The largest absolute Gasteiger partial charge is 0.497 e. The Hall–Kier alpha value is -1.84. The Balaban J connectivity index is 2.69. The van der Waals surface area contributed by atoms with E-state index in [4.69, 9.17) is 4.74 Å². The van der Waals surface area contributed by atoms with Crippen molar-refractivity contribution in [1.29, 1.82) is 0 Å². The number of esters is 1. The van der Waals surface area contributed by atoms with E-state index in [1.807, 2.05) is 0 Å². The highest BCUT2D eigenvalue weighted by atomic mass is 18.2. The molecule has 0 aromatic heterocycles. The number of ether oxygens (including phenoxy) is 2. The zero-order chi connectivity index (χ0) is 12.0. The smallest absolute Gasteiger partial charge is 0.330 e. The molecule has 0 amide bonds. The number of carbonyl (C=O) groups excluding carboxylic acids is 1. The van der Waals surface area contributed by atoms with Gasteiger partial charge >= 0.3 is 5.97 Å². The molecule has 0 bridgehead atoms. The fourth-order valence-electron chi connectivity index (χ4n) is 1.13. The third-order valence-corrected chi connectivity index (χ3v) is 2.04. The van der Waals surface area contributed by atoms with Gasteiger partial charge in [0.1, 0.15) is 11.9 Å². The lowest BCUT2D eigenvalue weighted by atomic mass is 10.1. The minimum Gasteiger partial charge on any atom is -0.497 e. The second kappa shape index (κ2) is 5.90. The lowest BCUT2D eigenvalue weighted by molar-refractivity contribution is -0.134. The third-order valence-electron chi connectivity index (χ3n) is 2.04. The summed E-state index contributed by atoms with van der Waals surface area (Å²) < 4.78 is 22.8. The van der Waals surface area contributed by atoms with Gasteiger partial charge in [-0.15, -0.1) is 0 Å². The summed E-state index contributed by atoms with van der Waals surface area (Å²) in [6.45, 7) is 0. The number of hydrogen-bond acceptors (Lipinski definition) is 3. The van der Waals surface area contributed by atoms with Crippen LogP contribution < -0.4 is 4.74 Å². The fourth-order valence-corrected chi connectivity index (χ4v) is 1.13. The molecular formula is C12H13FO3. The number of rotatable bonds is 4. The van der Waals surface area contributed by atoms with Crippen molar-refractivity contribution in [2.24, 2.45) is 0 Å². The summed E-state index contributed by atoms with van der Waals surface area (Å²) in [5, 5.41) is 0. The van der Waals surface area contributed by atoms with E-state index in [0.29, 0.717) is 11.3 Å². The molecule has 0 heterocycles. The first-order valence-corrected chi connectivity index (χ1v) is 4.71. The number of allylic oxidation sites excluding steroid dienone is 1. The molecule has 4 heteroatoms. The monoisotopic (exact) mass is 223 g/mol. The van der Waals surface area contributed by atoms with Crippen molar-refractivity contribution in [1.82, 2.24) is 0 Å². The molecule has 1 aromatic carbocycles. The van der Waals surface area contributed by atoms with Crippen LogP contribution in [-0.4, -0.2) is 20.2 Å². The molecule has 16 heavy (non-hydrogen) atoms. The Kier molecular flexibility index (Phi) is 4.51. The summed E-state index contributed by atoms with van der Waals surface area (Å²) >= 11 is 0. The molecule has 0 N–H and O–H groups in total. The molecule has 0 aliphatic carbocycles. The lowest BCUT2D eigenvalue weighted by Crippen LogP contribution is -1.95. The number of halogens is 1. The maximum Gasteiger partial charge on any atom is 0.330 e. The Morgan fingerprint density at radius 2 is 1.94 bits per heavy atom. The van der Waals surface area contributed by atoms with Gasteiger partial charge in [-0.3, -0.25) is 0 Å². The summed E-state index contributed by atoms with van der Waals surface area (Å²) in [7, 11) is 2.78. The van der Waals surface area contributed by atoms with Gasteiger partial charge < -0.3 is 9.47 Å². The van der Waals surface area contributed by atoms with Gasteiger partial charge in [0.25, 0.3) is 0 Å². The van der Waals surface area contributed by atoms with E-state index >= 15 is 0 Å². The molecule has 0 aliphatic heterocycles. The molecule has 3 nitrogen and oxygen atoms in total. The molecule has 0 saturated heterocycles. The average molecular weight is 223 g/mol. The van der Waals surface area contributed by atoms with E-state index in [1.165, 1.54) is 7.11 Å². The molecule has 1 atom stereocenters. The van der Waals surface area contributed by atoms with Gasteiger partial charge in [-0.2, -0.15) is 0 Å². The molecular weight excluding hydrogens is 210 g/mol. The summed E-state index contributed by atoms with van der Waals surface area (Å²) in [5.41, 5.74) is 0.459. The van der Waals surface area contributed by atoms with E-state index in [-0.39, 0.29) is 0 Å². The van der Waals surface area contributed by atoms with E-state index in [2.05, 4.69) is 4.74 Å². The average Bonchev–Trinajstić information content (AvgIpc) is 2.35. The van der Waals surface area contributed by atoms with Gasteiger partial charge in [-0.1, -0.05) is 12.1 Å². The zero-order valence-electron chi connectivity index (χ0n) is 9.14. The molecule has 0 spiro atoms. The van der Waals surface area contributed by atoms with Crippen LogP contribution in [0.3, 0.4) is 0 Å². The number of hydrogen-bond donors (Lipinski definition) is 0. The quantitative estimate of drug-likeness (QED) is 0.581. The van der Waals surface area contributed by atoms with Crippen LogP contribution in [0.25, 0.3) is 0 Å². The van der Waals surface area contributed by atoms with Crippen molar-refractivity contribution in [3.8, 4) is 5.75 Å². The topological polar surface area (TPSA) is 35.5 Å². The standard InChI is InChI=1S/C12H13FO3/c1-15-10-5-3-9(4-6-10)11(13)7-8-12(14)16-2/h3-8,11H,1-2H3/b8-7+/i13-1. The van der Waals surface area contributed by atoms with Crippen molar-refractivity contribution in [3.05, 3.63) is 42.0 Å². The van der Waals surface area contributed by atoms with Gasteiger partial charge in [0.2, 0.25) is 0 Å². The second-order valence-corrected chi connectivity index (χ2v) is 3.06. The summed E-state index contributed by atoms with van der Waals surface area (Å²) in [6, 6.07) is 6.53. The predicted molar refractivity (Wildman–Crippen MR) is 58.0 cm³/mol. The van der Waals surface area contributed by atoms with E-state index in [9.17, 15) is 9.18 Å². The van der Waals surface area contributed by atoms with Crippen LogP contribution in [0.2, 0.25) is 0 Å². The van der Waals surface area contributed by atoms with Crippen molar-refractivity contribution in [3.63, 3.8) is 0 Å². The van der Waals surface area contributed by atoms with E-state index in [1.54, 1.807) is 31.4 Å². The number of carbonyl (C=O) groups is 1. The molecule has 0 radical (unpaired) electrons. The van der Waals surface area contributed by atoms with Crippen molar-refractivity contribution in [2.45, 2.75) is 6.17 Å². The Morgan fingerprint density at radius 1 is 1.31 bits per heavy atom. The number of methoxy groups -OCH3 is 2. The van der Waals surface area contributed by atoms with Crippen LogP contribution >= 0.6 is 0 Å². The zero-order valence-corrected chi connectivity index (χ0v) is 9.14. The normalized spacial score (nSPS) is 12.4. The molecule has 86 valence electrons. The predicted octanol–water partition coefficient (Wildman–Crippen LogP) is 2.44. The molecule has 0 saturated carbocycles. The highest BCUT2D eigenvalue weighted by Gasteiger charge is 2.06. The van der Waals surface area contributed by atoms with Crippen LogP contribution in [0.4, 0.5) is 4.39 Å². The third kappa shape index (κ3) is 3.38. The summed E-state index contributed by atoms with van der Waals surface area (Å²) in [4.78, 5) is 10.8. The number of alkyl halides is 1. The molecule has 1 unspecified atom stereocenters. The number of benzene rings is 1. The van der Waals surface area contributed by atoms with Gasteiger partial charge in [-0.05, 0) is 23.8 Å². The molecule has 1 aromatic rings. The van der Waals surface area contributed by atoms with Crippen molar-refractivity contribution in [2.75, 3.05) is 14.2 Å². The maximum absolute atomic E-state index is 13.5. The maximum atomic E-state index is 13.5. The first-order chi connectivity index (χ1) is 7.67. The second-order valence-electron chi connectivity index (χ2n) is 3.06. The van der Waals surface area contributed by atoms with Gasteiger partial charge in [0.05, 0.1) is 14.2 Å². The van der Waals surface area contributed by atoms with Gasteiger partial charge in [0, 0.05) is 6.08 Å². The van der Waals surface area contributed by atoms with Crippen LogP contribution in [-0.2, 0) is 9.53 Å². The fraction of sp³-hybridized carbons (Fsp3) is 0.250. The van der Waals surface area contributed by atoms with Crippen LogP contribution in [0.1, 0.15) is 11.7 Å². The minimum atomic E-state index is -1.33. The van der Waals surface area contributed by atoms with Gasteiger partial charge in [-0.25, -0.2) is 9.18 Å². The Bertz CT molecular complexity index is 370. The van der Waals surface area contributed by atoms with E-state index < -0.39 is 12.1 Å². The van der Waals surface area contributed by atoms with Crippen molar-refractivity contribution >= 4 is 5.97 Å². The van der Waals surface area contributed by atoms with Crippen LogP contribution in [0.15, 0.2) is 36.4 Å². The minimum absolute atomic E-state index is 0.459. The Morgan fingerprint density at radius 3 is 2.44 bits per heavy atom. The molecule has 0 aliphatic rings. The Labute approximate surface area is 93.5 Å².